The molecule has 3 aliphatic heterocycles. The summed E-state index contributed by atoms with van der Waals surface area (Å²) in [5, 5.41) is 15.4. The molecule has 3 aliphatic rings. The lowest BCUT2D eigenvalue weighted by Gasteiger charge is -2.39. The molecule has 13 nitrogen and oxygen atoms in total. The molecular formula is C27H22ClN8O5S+. The number of imidazole rings is 1. The van der Waals surface area contributed by atoms with Crippen molar-refractivity contribution in [1.82, 2.24) is 29.5 Å². The summed E-state index contributed by atoms with van der Waals surface area (Å²) >= 11 is 7.86. The van der Waals surface area contributed by atoms with E-state index in [0.29, 0.717) is 51.2 Å². The quantitative estimate of drug-likeness (QED) is 0.0595. The first-order chi connectivity index (χ1) is 20.4. The molecule has 0 spiro atoms. The Balaban J connectivity index is 1.21. The van der Waals surface area contributed by atoms with Crippen molar-refractivity contribution in [2.24, 2.45) is 0 Å². The molecule has 8 rings (SSSR count). The van der Waals surface area contributed by atoms with Crippen molar-refractivity contribution in [3.05, 3.63) is 70.3 Å². The van der Waals surface area contributed by atoms with Gasteiger partial charge >= 0.3 is 5.97 Å². The number of esters is 1. The molecule has 15 heteroatoms. The highest BCUT2D eigenvalue weighted by Gasteiger charge is 2.90. The average molecular weight is 606 g/mol. The fourth-order valence-electron chi connectivity index (χ4n) is 6.32. The Bertz CT molecular complexity index is 2000. The molecule has 3 fully saturated rings. The Hall–Kier alpha value is -4.24. The molecule has 5 aromatic rings. The number of carbonyl (C=O) groups is 1. The van der Waals surface area contributed by atoms with Gasteiger partial charge in [-0.15, -0.1) is 0 Å². The minimum atomic E-state index is -1.02. The monoisotopic (exact) mass is 605 g/mol. The topological polar surface area (TPSA) is 157 Å². The summed E-state index contributed by atoms with van der Waals surface area (Å²) in [4.78, 5) is 46.8. The number of fused-ring (bicyclic) bond motifs is 3. The summed E-state index contributed by atoms with van der Waals surface area (Å²) in [5.41, 5.74) is 2.24. The third-order valence-corrected chi connectivity index (χ3v) is 9.61. The van der Waals surface area contributed by atoms with Gasteiger partial charge in [0, 0.05) is 5.69 Å². The zero-order valence-corrected chi connectivity index (χ0v) is 23.5. The number of methoxy groups -OCH3 is 1. The molecule has 5 atom stereocenters. The number of aromatic nitrogens is 6. The Labute approximate surface area is 246 Å². The summed E-state index contributed by atoms with van der Waals surface area (Å²) in [6.07, 6.45) is 1.84. The van der Waals surface area contributed by atoms with Crippen molar-refractivity contribution in [3.63, 3.8) is 0 Å². The Morgan fingerprint density at radius 1 is 1.29 bits per heavy atom. The number of aliphatic hydroxyl groups is 1. The number of ether oxygens (including phenoxy) is 2. The number of H-pyrrole nitrogens is 1. The number of aliphatic hydroxyl groups excluding tert-OH is 1. The molecule has 6 heterocycles. The van der Waals surface area contributed by atoms with E-state index < -0.39 is 6.35 Å². The second kappa shape index (κ2) is 9.13. The van der Waals surface area contributed by atoms with Gasteiger partial charge in [-0.1, -0.05) is 29.4 Å². The largest absolute Gasteiger partial charge is 0.495 e. The van der Waals surface area contributed by atoms with E-state index in [1.807, 2.05) is 0 Å². The van der Waals surface area contributed by atoms with Crippen LogP contribution < -0.4 is 15.6 Å². The van der Waals surface area contributed by atoms with Gasteiger partial charge in [0.2, 0.25) is 18.2 Å². The van der Waals surface area contributed by atoms with Crippen LogP contribution >= 0.6 is 23.4 Å². The fraction of sp³-hybridized carbons (Fsp3) is 0.259. The molecule has 0 bridgehead atoms. The molecule has 3 N–H and O–H groups in total. The standard InChI is InChI=1S/C27H22ClN8O5S/c1-40-16-6-5-12(33-27(39)36-8-17-21(36)22(36)26(38)41-17)7-15(16)35-18(34-14-4-2-3-13(28)19(14)25(35)37)9-42-24-20-23(30-10-29-20)31-11-32-24/h2-7,10-11,17,21-22,27,33,39H,8-9H2,1H3,(H,29,30,31,32)/q+1. The molecule has 0 radical (unpaired) electrons. The summed E-state index contributed by atoms with van der Waals surface area (Å²) in [5.74, 6) is 0.839. The van der Waals surface area contributed by atoms with Gasteiger partial charge in [-0.05, 0) is 30.3 Å². The van der Waals surface area contributed by atoms with E-state index >= 15 is 0 Å². The Morgan fingerprint density at radius 2 is 2.17 bits per heavy atom. The molecule has 42 heavy (non-hydrogen) atoms. The van der Waals surface area contributed by atoms with Crippen LogP contribution in [-0.4, -0.2) is 83.2 Å². The smallest absolute Gasteiger partial charge is 0.372 e. The number of quaternary nitrogens is 1. The van der Waals surface area contributed by atoms with Crippen molar-refractivity contribution in [2.45, 2.75) is 35.3 Å². The highest BCUT2D eigenvalue weighted by atomic mass is 35.5. The maximum Gasteiger partial charge on any atom is 0.372 e. The predicted octanol–water partition coefficient (Wildman–Crippen LogP) is 2.20. The first kappa shape index (κ1) is 25.5. The fourth-order valence-corrected chi connectivity index (χ4v) is 7.45. The number of rotatable bonds is 8. The second-order valence-corrected chi connectivity index (χ2v) is 11.7. The number of halogens is 1. The first-order valence-corrected chi connectivity index (χ1v) is 14.4. The van der Waals surface area contributed by atoms with Crippen LogP contribution in [0.3, 0.4) is 0 Å². The van der Waals surface area contributed by atoms with Gasteiger partial charge in [0.15, 0.2) is 5.65 Å². The van der Waals surface area contributed by atoms with Crippen LogP contribution in [0.5, 0.6) is 5.75 Å². The third-order valence-electron chi connectivity index (χ3n) is 8.31. The van der Waals surface area contributed by atoms with Gasteiger partial charge in [-0.25, -0.2) is 29.2 Å². The summed E-state index contributed by atoms with van der Waals surface area (Å²) in [7, 11) is 1.51. The number of nitrogens with one attached hydrogen (secondary N) is 2. The van der Waals surface area contributed by atoms with Crippen LogP contribution in [0.2, 0.25) is 5.02 Å². The number of aromatic amines is 1. The van der Waals surface area contributed by atoms with E-state index in [1.165, 1.54) is 29.8 Å². The van der Waals surface area contributed by atoms with Crippen LogP contribution in [0.25, 0.3) is 27.8 Å². The van der Waals surface area contributed by atoms with E-state index in [9.17, 15) is 14.7 Å². The van der Waals surface area contributed by atoms with E-state index in [-0.39, 0.29) is 50.4 Å². The molecule has 0 amide bonds. The minimum Gasteiger partial charge on any atom is -0.495 e. The summed E-state index contributed by atoms with van der Waals surface area (Å²) in [6, 6.07) is 9.95. The maximum atomic E-state index is 14.1. The first-order valence-electron chi connectivity index (χ1n) is 13.1. The molecule has 3 saturated heterocycles. The van der Waals surface area contributed by atoms with Crippen molar-refractivity contribution in [1.29, 1.82) is 0 Å². The summed E-state index contributed by atoms with van der Waals surface area (Å²) in [6.45, 7) is 0.568. The number of hydrogen-bond donors (Lipinski definition) is 3. The SMILES string of the molecule is COc1ccc(NC(O)[N+]23CC4OC(=O)C2C43)cc1-n1c(CSc2ncnc3nc[nH]c23)nc2cccc(Cl)c2c1=O. The van der Waals surface area contributed by atoms with E-state index in [2.05, 4.69) is 25.3 Å². The summed E-state index contributed by atoms with van der Waals surface area (Å²) < 4.78 is 12.7. The van der Waals surface area contributed by atoms with Gasteiger partial charge in [0.05, 0.1) is 40.8 Å². The van der Waals surface area contributed by atoms with Crippen molar-refractivity contribution >= 4 is 57.1 Å². The van der Waals surface area contributed by atoms with Crippen LogP contribution in [0.15, 0.2) is 58.9 Å². The number of nitrogens with zero attached hydrogens (tertiary/aromatic N) is 6. The minimum absolute atomic E-state index is 0.0149. The van der Waals surface area contributed by atoms with E-state index in [1.54, 1.807) is 42.7 Å². The second-order valence-electron chi connectivity index (χ2n) is 10.4. The number of hydrogen-bond acceptors (Lipinski definition) is 11. The van der Waals surface area contributed by atoms with Gasteiger partial charge in [0.25, 0.3) is 11.9 Å². The molecule has 212 valence electrons. The zero-order valence-electron chi connectivity index (χ0n) is 21.9. The van der Waals surface area contributed by atoms with Gasteiger partial charge in [-0.2, -0.15) is 0 Å². The number of benzene rings is 2. The lowest BCUT2D eigenvalue weighted by molar-refractivity contribution is -0.912. The van der Waals surface area contributed by atoms with Crippen molar-refractivity contribution < 1.29 is 23.9 Å². The van der Waals surface area contributed by atoms with Crippen LogP contribution in [0.4, 0.5) is 5.69 Å². The lowest BCUT2D eigenvalue weighted by Crippen LogP contribution is -2.62. The van der Waals surface area contributed by atoms with Gasteiger partial charge in [0.1, 0.15) is 35.0 Å². The molecular weight excluding hydrogens is 584 g/mol. The maximum absolute atomic E-state index is 14.1. The third kappa shape index (κ3) is 3.52. The molecule has 2 aromatic carbocycles. The van der Waals surface area contributed by atoms with Crippen molar-refractivity contribution in [2.75, 3.05) is 19.0 Å². The predicted molar refractivity (Wildman–Crippen MR) is 152 cm³/mol. The number of thioether (sulfide) groups is 1. The van der Waals surface area contributed by atoms with Crippen molar-refractivity contribution in [3.8, 4) is 11.4 Å². The zero-order chi connectivity index (χ0) is 28.7. The van der Waals surface area contributed by atoms with Gasteiger partial charge in [-0.3, -0.25) is 9.36 Å². The Kier molecular flexibility index (Phi) is 5.54. The number of anilines is 1. The number of carbonyl (C=O) groups excluding carboxylic acids is 1. The van der Waals surface area contributed by atoms with Crippen LogP contribution in [0.1, 0.15) is 5.82 Å². The van der Waals surface area contributed by atoms with Crippen LogP contribution in [0, 0.1) is 0 Å². The van der Waals surface area contributed by atoms with E-state index in [4.69, 9.17) is 26.1 Å². The number of morpholine rings is 2. The highest BCUT2D eigenvalue weighted by molar-refractivity contribution is 7.98. The molecule has 0 aliphatic carbocycles. The molecule has 5 unspecified atom stereocenters. The van der Waals surface area contributed by atoms with Gasteiger partial charge < -0.3 is 24.9 Å². The average Bonchev–Trinajstić information content (AvgIpc) is 3.21. The molecule has 3 aromatic heterocycles. The Morgan fingerprint density at radius 3 is 2.98 bits per heavy atom. The van der Waals surface area contributed by atoms with Crippen LogP contribution in [-0.2, 0) is 15.3 Å². The molecule has 0 saturated carbocycles. The van der Waals surface area contributed by atoms with E-state index in [0.717, 1.165) is 0 Å². The normalized spacial score (nSPS) is 24.3. The lowest BCUT2D eigenvalue weighted by atomic mass is 10.1. The highest BCUT2D eigenvalue weighted by Crippen LogP contribution is 2.59.